The number of hydrogen-bond acceptors (Lipinski definition) is 2. The SMILES string of the molecule is CC(C)CNC(=O)C1COc2ccccc2C1. The fraction of sp³-hybridized carbons (Fsp3) is 0.500. The Labute approximate surface area is 102 Å². The molecule has 1 aliphatic heterocycles. The van der Waals surface area contributed by atoms with Crippen molar-refractivity contribution in [2.75, 3.05) is 13.2 Å². The summed E-state index contributed by atoms with van der Waals surface area (Å²) in [5.41, 5.74) is 1.13. The van der Waals surface area contributed by atoms with Gasteiger partial charge < -0.3 is 10.1 Å². The van der Waals surface area contributed by atoms with Crippen molar-refractivity contribution < 1.29 is 9.53 Å². The lowest BCUT2D eigenvalue weighted by Crippen LogP contribution is -2.38. The van der Waals surface area contributed by atoms with Crippen LogP contribution in [0.25, 0.3) is 0 Å². The highest BCUT2D eigenvalue weighted by Crippen LogP contribution is 2.26. The average Bonchev–Trinajstić information content (AvgIpc) is 2.35. The maximum atomic E-state index is 11.9. The molecule has 92 valence electrons. The first-order valence-corrected chi connectivity index (χ1v) is 6.15. The molecule has 0 bridgehead atoms. The Morgan fingerprint density at radius 2 is 2.24 bits per heavy atom. The van der Waals surface area contributed by atoms with E-state index in [0.717, 1.165) is 24.3 Å². The van der Waals surface area contributed by atoms with Crippen molar-refractivity contribution in [3.8, 4) is 5.75 Å². The molecule has 0 aromatic heterocycles. The third kappa shape index (κ3) is 2.99. The number of benzene rings is 1. The maximum Gasteiger partial charge on any atom is 0.226 e. The second-order valence-corrected chi connectivity index (χ2v) is 4.96. The number of carbonyl (C=O) groups excluding carboxylic acids is 1. The highest BCUT2D eigenvalue weighted by atomic mass is 16.5. The van der Waals surface area contributed by atoms with Gasteiger partial charge in [0.15, 0.2) is 0 Å². The molecule has 3 heteroatoms. The van der Waals surface area contributed by atoms with Gasteiger partial charge in [-0.3, -0.25) is 4.79 Å². The number of nitrogens with one attached hydrogen (secondary N) is 1. The van der Waals surface area contributed by atoms with E-state index in [1.54, 1.807) is 0 Å². The van der Waals surface area contributed by atoms with E-state index in [9.17, 15) is 4.79 Å². The van der Waals surface area contributed by atoms with E-state index in [0.29, 0.717) is 12.5 Å². The standard InChI is InChI=1S/C14H19NO2/c1-10(2)8-15-14(16)12-7-11-5-3-4-6-13(11)17-9-12/h3-6,10,12H,7-9H2,1-2H3,(H,15,16). The molecule has 1 aromatic carbocycles. The first kappa shape index (κ1) is 12.0. The van der Waals surface area contributed by atoms with E-state index in [1.807, 2.05) is 24.3 Å². The molecule has 1 atom stereocenters. The zero-order valence-electron chi connectivity index (χ0n) is 10.4. The minimum absolute atomic E-state index is 0.0522. The summed E-state index contributed by atoms with van der Waals surface area (Å²) in [7, 11) is 0. The molecule has 0 saturated heterocycles. The van der Waals surface area contributed by atoms with Gasteiger partial charge in [0.1, 0.15) is 12.4 Å². The molecule has 17 heavy (non-hydrogen) atoms. The van der Waals surface area contributed by atoms with Crippen LogP contribution in [0.1, 0.15) is 19.4 Å². The summed E-state index contributed by atoms with van der Waals surface area (Å²) in [5, 5.41) is 2.96. The quantitative estimate of drug-likeness (QED) is 0.867. The molecule has 0 radical (unpaired) electrons. The van der Waals surface area contributed by atoms with Gasteiger partial charge in [0, 0.05) is 6.54 Å². The number of fused-ring (bicyclic) bond motifs is 1. The molecule has 3 nitrogen and oxygen atoms in total. The molecule has 0 saturated carbocycles. The van der Waals surface area contributed by atoms with Crippen LogP contribution in [0, 0.1) is 11.8 Å². The first-order valence-electron chi connectivity index (χ1n) is 6.15. The maximum absolute atomic E-state index is 11.9. The third-order valence-corrected chi connectivity index (χ3v) is 2.93. The molecule has 0 aliphatic carbocycles. The Balaban J connectivity index is 1.95. The lowest BCUT2D eigenvalue weighted by atomic mass is 9.96. The van der Waals surface area contributed by atoms with Gasteiger partial charge in [0.25, 0.3) is 0 Å². The monoisotopic (exact) mass is 233 g/mol. The van der Waals surface area contributed by atoms with Gasteiger partial charge in [-0.1, -0.05) is 32.0 Å². The van der Waals surface area contributed by atoms with Crippen molar-refractivity contribution in [1.29, 1.82) is 0 Å². The van der Waals surface area contributed by atoms with E-state index in [2.05, 4.69) is 19.2 Å². The highest BCUT2D eigenvalue weighted by molar-refractivity contribution is 5.79. The van der Waals surface area contributed by atoms with Gasteiger partial charge in [0.2, 0.25) is 5.91 Å². The Bertz CT molecular complexity index is 401. The molecule has 1 amide bonds. The minimum Gasteiger partial charge on any atom is -0.492 e. The molecule has 1 aromatic rings. The fourth-order valence-corrected chi connectivity index (χ4v) is 1.95. The lowest BCUT2D eigenvalue weighted by Gasteiger charge is -2.24. The number of carbonyl (C=O) groups is 1. The van der Waals surface area contributed by atoms with Crippen LogP contribution in [-0.2, 0) is 11.2 Å². The van der Waals surface area contributed by atoms with E-state index < -0.39 is 0 Å². The number of ether oxygens (including phenoxy) is 1. The topological polar surface area (TPSA) is 38.3 Å². The van der Waals surface area contributed by atoms with Crippen LogP contribution in [0.3, 0.4) is 0 Å². The van der Waals surface area contributed by atoms with Crippen molar-refractivity contribution in [1.82, 2.24) is 5.32 Å². The van der Waals surface area contributed by atoms with Gasteiger partial charge in [-0.2, -0.15) is 0 Å². The largest absolute Gasteiger partial charge is 0.492 e. The van der Waals surface area contributed by atoms with E-state index in [1.165, 1.54) is 0 Å². The van der Waals surface area contributed by atoms with Crippen molar-refractivity contribution in [2.24, 2.45) is 11.8 Å². The Hall–Kier alpha value is -1.51. The molecule has 1 unspecified atom stereocenters. The predicted octanol–water partition coefficient (Wildman–Crippen LogP) is 2.01. The van der Waals surface area contributed by atoms with Crippen LogP contribution in [0.2, 0.25) is 0 Å². The zero-order chi connectivity index (χ0) is 12.3. The number of hydrogen-bond donors (Lipinski definition) is 1. The van der Waals surface area contributed by atoms with Crippen molar-refractivity contribution >= 4 is 5.91 Å². The van der Waals surface area contributed by atoms with E-state index >= 15 is 0 Å². The second kappa shape index (κ2) is 5.21. The first-order chi connectivity index (χ1) is 8.16. The Morgan fingerprint density at radius 3 is 3.00 bits per heavy atom. The van der Waals surface area contributed by atoms with Gasteiger partial charge >= 0.3 is 0 Å². The number of rotatable bonds is 3. The molecule has 1 heterocycles. The summed E-state index contributed by atoms with van der Waals surface area (Å²) < 4.78 is 5.60. The summed E-state index contributed by atoms with van der Waals surface area (Å²) in [5.74, 6) is 1.45. The zero-order valence-corrected chi connectivity index (χ0v) is 10.4. The summed E-state index contributed by atoms with van der Waals surface area (Å²) in [6.07, 6.45) is 0.778. The van der Waals surface area contributed by atoms with E-state index in [4.69, 9.17) is 4.74 Å². The predicted molar refractivity (Wildman–Crippen MR) is 67.0 cm³/mol. The molecule has 2 rings (SSSR count). The number of para-hydroxylation sites is 1. The summed E-state index contributed by atoms with van der Waals surface area (Å²) in [4.78, 5) is 11.9. The molecular weight excluding hydrogens is 214 g/mol. The van der Waals surface area contributed by atoms with Gasteiger partial charge in [-0.25, -0.2) is 0 Å². The van der Waals surface area contributed by atoms with Crippen molar-refractivity contribution in [2.45, 2.75) is 20.3 Å². The van der Waals surface area contributed by atoms with Crippen LogP contribution < -0.4 is 10.1 Å². The minimum atomic E-state index is -0.0522. The third-order valence-electron chi connectivity index (χ3n) is 2.93. The Kier molecular flexibility index (Phi) is 3.67. The van der Waals surface area contributed by atoms with Crippen LogP contribution in [-0.4, -0.2) is 19.1 Å². The van der Waals surface area contributed by atoms with Crippen LogP contribution in [0.4, 0.5) is 0 Å². The van der Waals surface area contributed by atoms with Gasteiger partial charge in [-0.05, 0) is 24.0 Å². The lowest BCUT2D eigenvalue weighted by molar-refractivity contribution is -0.126. The van der Waals surface area contributed by atoms with Crippen LogP contribution >= 0.6 is 0 Å². The van der Waals surface area contributed by atoms with Crippen molar-refractivity contribution in [3.63, 3.8) is 0 Å². The summed E-state index contributed by atoms with van der Waals surface area (Å²) in [6, 6.07) is 7.92. The average molecular weight is 233 g/mol. The van der Waals surface area contributed by atoms with Crippen LogP contribution in [0.15, 0.2) is 24.3 Å². The number of amides is 1. The van der Waals surface area contributed by atoms with Gasteiger partial charge in [0.05, 0.1) is 5.92 Å². The molecule has 0 spiro atoms. The van der Waals surface area contributed by atoms with E-state index in [-0.39, 0.29) is 11.8 Å². The highest BCUT2D eigenvalue weighted by Gasteiger charge is 2.25. The summed E-state index contributed by atoms with van der Waals surface area (Å²) in [6.45, 7) is 5.40. The van der Waals surface area contributed by atoms with Crippen LogP contribution in [0.5, 0.6) is 5.75 Å². The molecule has 1 N–H and O–H groups in total. The molecule has 1 aliphatic rings. The normalized spacial score (nSPS) is 18.4. The second-order valence-electron chi connectivity index (χ2n) is 4.96. The van der Waals surface area contributed by atoms with Gasteiger partial charge in [-0.15, -0.1) is 0 Å². The Morgan fingerprint density at radius 1 is 1.47 bits per heavy atom. The smallest absolute Gasteiger partial charge is 0.226 e. The summed E-state index contributed by atoms with van der Waals surface area (Å²) >= 11 is 0. The molecular formula is C14H19NO2. The molecule has 0 fully saturated rings. The van der Waals surface area contributed by atoms with Crippen molar-refractivity contribution in [3.05, 3.63) is 29.8 Å². The fourth-order valence-electron chi connectivity index (χ4n) is 1.95.